The molecule has 0 spiro atoms. The van der Waals surface area contributed by atoms with Gasteiger partial charge in [-0.1, -0.05) is 0 Å². The van der Waals surface area contributed by atoms with Gasteiger partial charge in [0, 0.05) is 6.42 Å². The van der Waals surface area contributed by atoms with E-state index in [9.17, 15) is 4.79 Å². The van der Waals surface area contributed by atoms with E-state index < -0.39 is 5.60 Å². The van der Waals surface area contributed by atoms with Gasteiger partial charge in [0.05, 0.1) is 19.0 Å². The fourth-order valence-electron chi connectivity index (χ4n) is 1.25. The van der Waals surface area contributed by atoms with Crippen molar-refractivity contribution < 1.29 is 14.3 Å². The molecular formula is C13H20N2O3. The van der Waals surface area contributed by atoms with Crippen LogP contribution in [0.15, 0.2) is 12.4 Å². The number of nitrogens with zero attached hydrogens (tertiary/aromatic N) is 2. The number of hydrogen-bond donors (Lipinski definition) is 0. The highest BCUT2D eigenvalue weighted by molar-refractivity contribution is 5.69. The molecule has 1 aromatic rings. The van der Waals surface area contributed by atoms with E-state index in [1.54, 1.807) is 12.4 Å². The lowest BCUT2D eigenvalue weighted by Crippen LogP contribution is -2.23. The molecule has 1 aromatic heterocycles. The minimum atomic E-state index is -0.428. The summed E-state index contributed by atoms with van der Waals surface area (Å²) in [7, 11) is 0. The van der Waals surface area contributed by atoms with Gasteiger partial charge in [0.15, 0.2) is 5.75 Å². The average Bonchev–Trinajstić information content (AvgIpc) is 2.24. The normalized spacial score (nSPS) is 11.1. The van der Waals surface area contributed by atoms with Crippen molar-refractivity contribution in [3.63, 3.8) is 0 Å². The molecule has 0 unspecified atom stereocenters. The summed E-state index contributed by atoms with van der Waals surface area (Å²) >= 11 is 0. The van der Waals surface area contributed by atoms with Gasteiger partial charge in [-0.25, -0.2) is 9.97 Å². The van der Waals surface area contributed by atoms with Crippen LogP contribution in [0, 0.1) is 6.92 Å². The Labute approximate surface area is 108 Å². The molecule has 0 saturated heterocycles. The van der Waals surface area contributed by atoms with Gasteiger partial charge in [0.2, 0.25) is 0 Å². The third-order valence-corrected chi connectivity index (χ3v) is 1.97. The molecule has 0 fully saturated rings. The fraction of sp³-hybridized carbons (Fsp3) is 0.615. The molecule has 0 aromatic carbocycles. The van der Waals surface area contributed by atoms with Gasteiger partial charge in [0.25, 0.3) is 0 Å². The van der Waals surface area contributed by atoms with Gasteiger partial charge in [-0.05, 0) is 34.1 Å². The monoisotopic (exact) mass is 252 g/mol. The molecule has 0 aliphatic carbocycles. The lowest BCUT2D eigenvalue weighted by Gasteiger charge is -2.19. The van der Waals surface area contributed by atoms with Crippen molar-refractivity contribution in [3.8, 4) is 5.75 Å². The molecule has 1 rings (SSSR count). The van der Waals surface area contributed by atoms with Crippen molar-refractivity contribution >= 4 is 5.97 Å². The van der Waals surface area contributed by atoms with Gasteiger partial charge in [-0.15, -0.1) is 0 Å². The molecular weight excluding hydrogens is 232 g/mol. The fourth-order valence-corrected chi connectivity index (χ4v) is 1.25. The second-order valence-electron chi connectivity index (χ2n) is 5.00. The molecule has 5 heteroatoms. The summed E-state index contributed by atoms with van der Waals surface area (Å²) < 4.78 is 10.6. The minimum absolute atomic E-state index is 0.203. The highest BCUT2D eigenvalue weighted by atomic mass is 16.6. The maximum atomic E-state index is 11.4. The number of hydrogen-bond acceptors (Lipinski definition) is 5. The maximum Gasteiger partial charge on any atom is 0.306 e. The second-order valence-corrected chi connectivity index (χ2v) is 5.00. The summed E-state index contributed by atoms with van der Waals surface area (Å²) in [5.74, 6) is 1.12. The smallest absolute Gasteiger partial charge is 0.306 e. The molecule has 1 heterocycles. The van der Waals surface area contributed by atoms with Gasteiger partial charge in [0.1, 0.15) is 11.4 Å². The summed E-state index contributed by atoms with van der Waals surface area (Å²) in [6.45, 7) is 7.82. The van der Waals surface area contributed by atoms with E-state index in [-0.39, 0.29) is 5.97 Å². The zero-order valence-electron chi connectivity index (χ0n) is 11.4. The van der Waals surface area contributed by atoms with Crippen LogP contribution in [-0.2, 0) is 9.53 Å². The number of aromatic nitrogens is 2. The van der Waals surface area contributed by atoms with Gasteiger partial charge in [-0.2, -0.15) is 0 Å². The van der Waals surface area contributed by atoms with Crippen LogP contribution in [0.4, 0.5) is 0 Å². The number of carbonyl (C=O) groups excluding carboxylic acids is 1. The largest absolute Gasteiger partial charge is 0.490 e. The number of rotatable bonds is 5. The third-order valence-electron chi connectivity index (χ3n) is 1.97. The SMILES string of the molecule is Cc1ncc(OCCCC(=O)OC(C)(C)C)cn1. The first-order chi connectivity index (χ1) is 8.37. The molecule has 0 saturated carbocycles. The highest BCUT2D eigenvalue weighted by Gasteiger charge is 2.15. The zero-order chi connectivity index (χ0) is 13.6. The Hall–Kier alpha value is -1.65. The third kappa shape index (κ3) is 6.18. The van der Waals surface area contributed by atoms with Crippen molar-refractivity contribution in [2.45, 2.75) is 46.1 Å². The van der Waals surface area contributed by atoms with Gasteiger partial charge < -0.3 is 9.47 Å². The predicted octanol–water partition coefficient (Wildman–Crippen LogP) is 2.29. The van der Waals surface area contributed by atoms with Crippen molar-refractivity contribution in [3.05, 3.63) is 18.2 Å². The molecule has 0 bridgehead atoms. The average molecular weight is 252 g/mol. The second kappa shape index (κ2) is 6.33. The van der Waals surface area contributed by atoms with Gasteiger partial charge >= 0.3 is 5.97 Å². The van der Waals surface area contributed by atoms with E-state index >= 15 is 0 Å². The first kappa shape index (κ1) is 14.4. The van der Waals surface area contributed by atoms with Gasteiger partial charge in [-0.3, -0.25) is 4.79 Å². The van der Waals surface area contributed by atoms with Crippen LogP contribution >= 0.6 is 0 Å². The van der Waals surface area contributed by atoms with Crippen molar-refractivity contribution in [2.75, 3.05) is 6.61 Å². The first-order valence-corrected chi connectivity index (χ1v) is 6.00. The van der Waals surface area contributed by atoms with Crippen LogP contribution in [-0.4, -0.2) is 28.1 Å². The molecule has 18 heavy (non-hydrogen) atoms. The van der Waals surface area contributed by atoms with E-state index in [1.807, 2.05) is 27.7 Å². The lowest BCUT2D eigenvalue weighted by atomic mass is 10.2. The minimum Gasteiger partial charge on any atom is -0.490 e. The quantitative estimate of drug-likeness (QED) is 0.594. The summed E-state index contributed by atoms with van der Waals surface area (Å²) in [6, 6.07) is 0. The van der Waals surface area contributed by atoms with Crippen LogP contribution in [0.5, 0.6) is 5.75 Å². The van der Waals surface area contributed by atoms with E-state index in [2.05, 4.69) is 9.97 Å². The summed E-state index contributed by atoms with van der Waals surface area (Å²) in [5, 5.41) is 0. The molecule has 100 valence electrons. The Morgan fingerprint density at radius 2 is 1.89 bits per heavy atom. The molecule has 0 radical (unpaired) electrons. The lowest BCUT2D eigenvalue weighted by molar-refractivity contribution is -0.155. The Kier molecular flexibility index (Phi) is 5.07. The Morgan fingerprint density at radius 1 is 1.28 bits per heavy atom. The number of aryl methyl sites for hydroxylation is 1. The molecule has 0 aliphatic rings. The van der Waals surface area contributed by atoms with E-state index in [1.165, 1.54) is 0 Å². The van der Waals surface area contributed by atoms with Crippen LogP contribution in [0.25, 0.3) is 0 Å². The predicted molar refractivity (Wildman–Crippen MR) is 67.3 cm³/mol. The van der Waals surface area contributed by atoms with E-state index in [0.29, 0.717) is 31.0 Å². The topological polar surface area (TPSA) is 61.3 Å². The van der Waals surface area contributed by atoms with Crippen molar-refractivity contribution in [1.82, 2.24) is 9.97 Å². The molecule has 0 amide bonds. The first-order valence-electron chi connectivity index (χ1n) is 6.00. The Balaban J connectivity index is 2.19. The summed E-state index contributed by atoms with van der Waals surface area (Å²) in [4.78, 5) is 19.4. The highest BCUT2D eigenvalue weighted by Crippen LogP contribution is 2.10. The number of esters is 1. The van der Waals surface area contributed by atoms with Crippen LogP contribution in [0.1, 0.15) is 39.4 Å². The van der Waals surface area contributed by atoms with Crippen LogP contribution < -0.4 is 4.74 Å². The van der Waals surface area contributed by atoms with Crippen LogP contribution in [0.3, 0.4) is 0 Å². The van der Waals surface area contributed by atoms with Crippen molar-refractivity contribution in [1.29, 1.82) is 0 Å². The molecule has 0 aliphatic heterocycles. The van der Waals surface area contributed by atoms with E-state index in [0.717, 1.165) is 0 Å². The standard InChI is InChI=1S/C13H20N2O3/c1-10-14-8-11(9-15-10)17-7-5-6-12(16)18-13(2,3)4/h8-9H,5-7H2,1-4H3. The Morgan fingerprint density at radius 3 is 2.44 bits per heavy atom. The molecule has 5 nitrogen and oxygen atoms in total. The molecule has 0 N–H and O–H groups in total. The summed E-state index contributed by atoms with van der Waals surface area (Å²) in [5.41, 5.74) is -0.428. The molecule has 0 atom stereocenters. The Bertz CT molecular complexity index is 382. The number of carbonyl (C=O) groups is 1. The maximum absolute atomic E-state index is 11.4. The van der Waals surface area contributed by atoms with Crippen LogP contribution in [0.2, 0.25) is 0 Å². The number of ether oxygens (including phenoxy) is 2. The summed E-state index contributed by atoms with van der Waals surface area (Å²) in [6.07, 6.45) is 4.21. The van der Waals surface area contributed by atoms with E-state index in [4.69, 9.17) is 9.47 Å². The van der Waals surface area contributed by atoms with Crippen molar-refractivity contribution in [2.24, 2.45) is 0 Å². The zero-order valence-corrected chi connectivity index (χ0v) is 11.4.